The van der Waals surface area contributed by atoms with E-state index in [9.17, 15) is 4.79 Å². The highest BCUT2D eigenvalue weighted by molar-refractivity contribution is 5.93. The number of benzene rings is 1. The van der Waals surface area contributed by atoms with Crippen LogP contribution in [0.4, 0.5) is 5.69 Å². The second-order valence-corrected chi connectivity index (χ2v) is 3.57. The van der Waals surface area contributed by atoms with Gasteiger partial charge in [-0.05, 0) is 19.1 Å². The lowest BCUT2D eigenvalue weighted by molar-refractivity contribution is -0.138. The molecule has 1 heterocycles. The summed E-state index contributed by atoms with van der Waals surface area (Å²) in [5, 5.41) is 11.7. The second-order valence-electron chi connectivity index (χ2n) is 3.57. The van der Waals surface area contributed by atoms with Crippen molar-refractivity contribution in [2.24, 2.45) is 0 Å². The SMILES string of the molecule is CCOC(=O)/C(C#N)=C/Nc1ccc2ncoc2c1. The molecule has 19 heavy (non-hydrogen) atoms. The topological polar surface area (TPSA) is 88.2 Å². The fourth-order valence-electron chi connectivity index (χ4n) is 1.45. The van der Waals surface area contributed by atoms with Gasteiger partial charge in [-0.25, -0.2) is 9.78 Å². The van der Waals surface area contributed by atoms with Crippen molar-refractivity contribution in [3.05, 3.63) is 36.4 Å². The predicted molar refractivity (Wildman–Crippen MR) is 68.0 cm³/mol. The van der Waals surface area contributed by atoms with Crippen LogP contribution < -0.4 is 5.32 Å². The summed E-state index contributed by atoms with van der Waals surface area (Å²) in [6.07, 6.45) is 2.65. The Morgan fingerprint density at radius 1 is 1.63 bits per heavy atom. The van der Waals surface area contributed by atoms with Crippen LogP contribution in [0.25, 0.3) is 11.1 Å². The Bertz CT molecular complexity index is 667. The number of fused-ring (bicyclic) bond motifs is 1. The van der Waals surface area contributed by atoms with E-state index in [1.165, 1.54) is 12.6 Å². The molecule has 1 aromatic heterocycles. The molecule has 0 aliphatic heterocycles. The van der Waals surface area contributed by atoms with E-state index < -0.39 is 5.97 Å². The minimum atomic E-state index is -0.654. The van der Waals surface area contributed by atoms with E-state index in [1.54, 1.807) is 31.2 Å². The number of rotatable bonds is 4. The molecular formula is C13H11N3O3. The molecule has 0 unspecified atom stereocenters. The summed E-state index contributed by atoms with van der Waals surface area (Å²) >= 11 is 0. The third-order valence-electron chi connectivity index (χ3n) is 2.33. The molecule has 0 saturated carbocycles. The summed E-state index contributed by atoms with van der Waals surface area (Å²) < 4.78 is 9.89. The molecule has 96 valence electrons. The lowest BCUT2D eigenvalue weighted by atomic mass is 10.2. The molecule has 0 saturated heterocycles. The van der Waals surface area contributed by atoms with E-state index in [-0.39, 0.29) is 12.2 Å². The van der Waals surface area contributed by atoms with Gasteiger partial charge in [0.05, 0.1) is 6.61 Å². The monoisotopic (exact) mass is 257 g/mol. The van der Waals surface area contributed by atoms with Crippen LogP contribution in [0.15, 0.2) is 40.8 Å². The van der Waals surface area contributed by atoms with Crippen LogP contribution in [0.3, 0.4) is 0 Å². The number of esters is 1. The minimum Gasteiger partial charge on any atom is -0.462 e. The van der Waals surface area contributed by atoms with Gasteiger partial charge in [0.2, 0.25) is 0 Å². The van der Waals surface area contributed by atoms with Crippen LogP contribution in [0, 0.1) is 11.3 Å². The maximum absolute atomic E-state index is 11.4. The van der Waals surface area contributed by atoms with E-state index >= 15 is 0 Å². The molecule has 6 heteroatoms. The van der Waals surface area contributed by atoms with Crippen LogP contribution in [0.2, 0.25) is 0 Å². The number of carbonyl (C=O) groups excluding carboxylic acids is 1. The average Bonchev–Trinajstić information content (AvgIpc) is 2.87. The van der Waals surface area contributed by atoms with Crippen LogP contribution in [-0.4, -0.2) is 17.6 Å². The Morgan fingerprint density at radius 3 is 3.21 bits per heavy atom. The summed E-state index contributed by atoms with van der Waals surface area (Å²) in [5.41, 5.74) is 1.94. The van der Waals surface area contributed by atoms with Gasteiger partial charge in [-0.1, -0.05) is 0 Å². The first-order chi connectivity index (χ1) is 9.24. The third-order valence-corrected chi connectivity index (χ3v) is 2.33. The fourth-order valence-corrected chi connectivity index (χ4v) is 1.45. The van der Waals surface area contributed by atoms with Crippen molar-refractivity contribution in [2.45, 2.75) is 6.92 Å². The highest BCUT2D eigenvalue weighted by atomic mass is 16.5. The first-order valence-electron chi connectivity index (χ1n) is 5.61. The molecule has 0 aliphatic rings. The van der Waals surface area contributed by atoms with E-state index in [4.69, 9.17) is 14.4 Å². The molecule has 0 spiro atoms. The van der Waals surface area contributed by atoms with Crippen molar-refractivity contribution >= 4 is 22.8 Å². The molecule has 1 aromatic carbocycles. The maximum atomic E-state index is 11.4. The van der Waals surface area contributed by atoms with Crippen molar-refractivity contribution in [3.63, 3.8) is 0 Å². The number of nitrogens with zero attached hydrogens (tertiary/aromatic N) is 2. The molecule has 2 aromatic rings. The zero-order chi connectivity index (χ0) is 13.7. The lowest BCUT2D eigenvalue weighted by Crippen LogP contribution is -2.07. The molecule has 0 radical (unpaired) electrons. The first-order valence-corrected chi connectivity index (χ1v) is 5.61. The van der Waals surface area contributed by atoms with Crippen LogP contribution in [-0.2, 0) is 9.53 Å². The number of hydrogen-bond acceptors (Lipinski definition) is 6. The van der Waals surface area contributed by atoms with Gasteiger partial charge in [0.25, 0.3) is 0 Å². The predicted octanol–water partition coefficient (Wildman–Crippen LogP) is 2.21. The van der Waals surface area contributed by atoms with Gasteiger partial charge in [-0.15, -0.1) is 0 Å². The van der Waals surface area contributed by atoms with Gasteiger partial charge in [-0.2, -0.15) is 5.26 Å². The van der Waals surface area contributed by atoms with E-state index in [0.717, 1.165) is 5.52 Å². The molecule has 0 aliphatic carbocycles. The normalized spacial score (nSPS) is 11.1. The summed E-state index contributed by atoms with van der Waals surface area (Å²) in [6, 6.07) is 7.03. The molecule has 0 amide bonds. The van der Waals surface area contributed by atoms with Crippen molar-refractivity contribution in [1.29, 1.82) is 5.26 Å². The zero-order valence-corrected chi connectivity index (χ0v) is 10.2. The summed E-state index contributed by atoms with van der Waals surface area (Å²) in [7, 11) is 0. The first kappa shape index (κ1) is 12.6. The number of anilines is 1. The van der Waals surface area contributed by atoms with E-state index in [0.29, 0.717) is 11.3 Å². The quantitative estimate of drug-likeness (QED) is 0.513. The second kappa shape index (κ2) is 5.69. The number of nitrogens with one attached hydrogen (secondary N) is 1. The number of ether oxygens (including phenoxy) is 1. The Morgan fingerprint density at radius 2 is 2.47 bits per heavy atom. The van der Waals surface area contributed by atoms with Crippen molar-refractivity contribution in [1.82, 2.24) is 4.98 Å². The van der Waals surface area contributed by atoms with E-state index in [1.807, 2.05) is 0 Å². The van der Waals surface area contributed by atoms with Gasteiger partial charge in [0, 0.05) is 18.0 Å². The van der Waals surface area contributed by atoms with Crippen LogP contribution >= 0.6 is 0 Å². The number of aromatic nitrogens is 1. The van der Waals surface area contributed by atoms with E-state index in [2.05, 4.69) is 10.3 Å². The zero-order valence-electron chi connectivity index (χ0n) is 10.2. The van der Waals surface area contributed by atoms with Gasteiger partial charge in [0.1, 0.15) is 11.6 Å². The maximum Gasteiger partial charge on any atom is 0.350 e. The Balaban J connectivity index is 2.15. The number of hydrogen-bond donors (Lipinski definition) is 1. The highest BCUT2D eigenvalue weighted by Gasteiger charge is 2.09. The molecule has 0 fully saturated rings. The molecular weight excluding hydrogens is 246 g/mol. The Hall–Kier alpha value is -2.81. The Kier molecular flexibility index (Phi) is 3.78. The minimum absolute atomic E-state index is 0.0977. The standard InChI is InChI=1S/C13H11N3O3/c1-2-18-13(17)9(6-14)7-15-10-3-4-11-12(5-10)19-8-16-11/h3-5,7-8,15H,2H2,1H3/b9-7+. The molecule has 6 nitrogen and oxygen atoms in total. The number of carbonyl (C=O) groups is 1. The highest BCUT2D eigenvalue weighted by Crippen LogP contribution is 2.17. The molecule has 2 rings (SSSR count). The summed E-state index contributed by atoms with van der Waals surface area (Å²) in [6.45, 7) is 1.90. The van der Waals surface area contributed by atoms with Gasteiger partial charge in [-0.3, -0.25) is 0 Å². The molecule has 1 N–H and O–H groups in total. The fraction of sp³-hybridized carbons (Fsp3) is 0.154. The van der Waals surface area contributed by atoms with Gasteiger partial charge >= 0.3 is 5.97 Å². The smallest absolute Gasteiger partial charge is 0.350 e. The van der Waals surface area contributed by atoms with Gasteiger partial charge in [0.15, 0.2) is 17.5 Å². The van der Waals surface area contributed by atoms with Crippen LogP contribution in [0.5, 0.6) is 0 Å². The number of oxazole rings is 1. The van der Waals surface area contributed by atoms with Crippen LogP contribution in [0.1, 0.15) is 6.92 Å². The number of nitriles is 1. The third kappa shape index (κ3) is 2.90. The average molecular weight is 257 g/mol. The van der Waals surface area contributed by atoms with Gasteiger partial charge < -0.3 is 14.5 Å². The largest absolute Gasteiger partial charge is 0.462 e. The van der Waals surface area contributed by atoms with Crippen molar-refractivity contribution in [3.8, 4) is 6.07 Å². The molecule has 0 bridgehead atoms. The Labute approximate surface area is 109 Å². The summed E-state index contributed by atoms with van der Waals surface area (Å²) in [5.74, 6) is -0.654. The lowest BCUT2D eigenvalue weighted by Gasteiger charge is -2.02. The van der Waals surface area contributed by atoms with Crippen molar-refractivity contribution < 1.29 is 13.9 Å². The van der Waals surface area contributed by atoms with Crippen molar-refractivity contribution in [2.75, 3.05) is 11.9 Å². The summed E-state index contributed by atoms with van der Waals surface area (Å²) in [4.78, 5) is 15.4. The molecule has 0 atom stereocenters.